The number of methoxy groups -OCH3 is 1. The molecule has 1 aromatic heterocycles. The van der Waals surface area contributed by atoms with E-state index in [-0.39, 0.29) is 30.1 Å². The number of nitrogens with one attached hydrogen (secondary N) is 2. The topological polar surface area (TPSA) is 83.8 Å². The van der Waals surface area contributed by atoms with E-state index >= 15 is 0 Å². The Hall–Kier alpha value is -1.57. The molecule has 8 heteroatoms. The molecule has 26 heavy (non-hydrogen) atoms. The van der Waals surface area contributed by atoms with Crippen LogP contribution in [0.4, 0.5) is 0 Å². The van der Waals surface area contributed by atoms with E-state index in [1.54, 1.807) is 6.07 Å². The fourth-order valence-electron chi connectivity index (χ4n) is 3.63. The van der Waals surface area contributed by atoms with Crippen molar-refractivity contribution in [2.45, 2.75) is 38.3 Å². The summed E-state index contributed by atoms with van der Waals surface area (Å²) in [4.78, 5) is 25.9. The Morgan fingerprint density at radius 1 is 1.35 bits per heavy atom. The zero-order valence-electron chi connectivity index (χ0n) is 15.2. The van der Waals surface area contributed by atoms with E-state index in [0.29, 0.717) is 12.5 Å². The van der Waals surface area contributed by atoms with Crippen molar-refractivity contribution in [3.05, 3.63) is 23.7 Å². The van der Waals surface area contributed by atoms with E-state index in [1.807, 2.05) is 6.07 Å². The number of rotatable bonds is 6. The third kappa shape index (κ3) is 5.46. The van der Waals surface area contributed by atoms with Gasteiger partial charge in [0.1, 0.15) is 5.76 Å². The van der Waals surface area contributed by atoms with Crippen molar-refractivity contribution in [1.82, 2.24) is 15.5 Å². The van der Waals surface area contributed by atoms with Gasteiger partial charge >= 0.3 is 5.97 Å². The van der Waals surface area contributed by atoms with Crippen molar-refractivity contribution in [3.63, 3.8) is 0 Å². The first-order chi connectivity index (χ1) is 12.2. The number of halogens is 1. The van der Waals surface area contributed by atoms with E-state index in [0.717, 1.165) is 57.6 Å². The zero-order chi connectivity index (χ0) is 17.6. The molecule has 1 aromatic rings. The van der Waals surface area contributed by atoms with Crippen LogP contribution in [-0.4, -0.2) is 56.1 Å². The number of esters is 1. The summed E-state index contributed by atoms with van der Waals surface area (Å²) in [6, 6.07) is 3.46. The molecule has 2 aliphatic heterocycles. The van der Waals surface area contributed by atoms with Gasteiger partial charge < -0.3 is 19.8 Å². The number of likely N-dealkylation sites (tertiary alicyclic amines) is 1. The standard InChI is InChI=1S/C18H27N3O4.ClH/c1-24-18(23)16-7-6-14(25-16)12-21-9-3-4-13(11-21)10-20-17(22)15-5-2-8-19-15;/h6-7,13,15,19H,2-5,8-12H2,1H3,(H,20,22);1H. The van der Waals surface area contributed by atoms with E-state index in [9.17, 15) is 9.59 Å². The highest BCUT2D eigenvalue weighted by molar-refractivity contribution is 5.86. The number of amides is 1. The molecule has 2 saturated heterocycles. The second-order valence-electron chi connectivity index (χ2n) is 6.89. The fraction of sp³-hybridized carbons (Fsp3) is 0.667. The minimum absolute atomic E-state index is 0. The molecule has 146 valence electrons. The van der Waals surface area contributed by atoms with E-state index in [1.165, 1.54) is 7.11 Å². The lowest BCUT2D eigenvalue weighted by molar-refractivity contribution is -0.123. The second kappa shape index (κ2) is 9.94. The lowest BCUT2D eigenvalue weighted by atomic mass is 9.97. The van der Waals surface area contributed by atoms with Gasteiger partial charge in [-0.3, -0.25) is 9.69 Å². The summed E-state index contributed by atoms with van der Waals surface area (Å²) in [5.41, 5.74) is 0. The highest BCUT2D eigenvalue weighted by Crippen LogP contribution is 2.19. The van der Waals surface area contributed by atoms with Gasteiger partial charge in [0, 0.05) is 13.1 Å². The summed E-state index contributed by atoms with van der Waals surface area (Å²) in [6.45, 7) is 4.26. The Balaban J connectivity index is 0.00000243. The lowest BCUT2D eigenvalue weighted by Gasteiger charge is -2.32. The maximum atomic E-state index is 12.1. The Bertz CT molecular complexity index is 601. The molecular weight excluding hydrogens is 358 g/mol. The molecule has 0 bridgehead atoms. The van der Waals surface area contributed by atoms with Gasteiger partial charge in [-0.15, -0.1) is 12.4 Å². The maximum Gasteiger partial charge on any atom is 0.373 e. The van der Waals surface area contributed by atoms with Gasteiger partial charge in [0.2, 0.25) is 11.7 Å². The van der Waals surface area contributed by atoms with E-state index in [4.69, 9.17) is 4.42 Å². The quantitative estimate of drug-likeness (QED) is 0.723. The molecule has 0 spiro atoms. The van der Waals surface area contributed by atoms with Crippen LogP contribution in [0.3, 0.4) is 0 Å². The molecule has 0 aliphatic carbocycles. The highest BCUT2D eigenvalue weighted by Gasteiger charge is 2.25. The summed E-state index contributed by atoms with van der Waals surface area (Å²) < 4.78 is 10.2. The molecule has 2 unspecified atom stereocenters. The first-order valence-corrected chi connectivity index (χ1v) is 9.06. The third-order valence-electron chi connectivity index (χ3n) is 4.97. The van der Waals surface area contributed by atoms with Crippen LogP contribution in [0.15, 0.2) is 16.5 Å². The lowest BCUT2D eigenvalue weighted by Crippen LogP contribution is -2.45. The SMILES string of the molecule is COC(=O)c1ccc(CN2CCCC(CNC(=O)C3CCCN3)C2)o1.Cl. The number of ether oxygens (including phenoxy) is 1. The van der Waals surface area contributed by atoms with Crippen LogP contribution in [0.2, 0.25) is 0 Å². The number of nitrogens with zero attached hydrogens (tertiary/aromatic N) is 1. The number of hydrogen-bond donors (Lipinski definition) is 2. The molecule has 1 amide bonds. The Morgan fingerprint density at radius 2 is 2.19 bits per heavy atom. The van der Waals surface area contributed by atoms with Crippen molar-refractivity contribution >= 4 is 24.3 Å². The number of piperidine rings is 1. The Morgan fingerprint density at radius 3 is 2.92 bits per heavy atom. The Labute approximate surface area is 160 Å². The monoisotopic (exact) mass is 385 g/mol. The van der Waals surface area contributed by atoms with Crippen LogP contribution >= 0.6 is 12.4 Å². The van der Waals surface area contributed by atoms with Crippen LogP contribution in [0.5, 0.6) is 0 Å². The van der Waals surface area contributed by atoms with Crippen molar-refractivity contribution < 1.29 is 18.7 Å². The summed E-state index contributed by atoms with van der Waals surface area (Å²) in [5.74, 6) is 1.13. The maximum absolute atomic E-state index is 12.1. The van der Waals surface area contributed by atoms with Crippen molar-refractivity contribution in [3.8, 4) is 0 Å². The van der Waals surface area contributed by atoms with Gasteiger partial charge in [0.25, 0.3) is 0 Å². The molecule has 0 aromatic carbocycles. The van der Waals surface area contributed by atoms with Gasteiger partial charge in [0.05, 0.1) is 19.7 Å². The molecular formula is C18H28ClN3O4. The van der Waals surface area contributed by atoms with Gasteiger partial charge in [-0.25, -0.2) is 4.79 Å². The smallest absolute Gasteiger partial charge is 0.373 e. The number of carbonyl (C=O) groups is 2. The van der Waals surface area contributed by atoms with Crippen molar-refractivity contribution in [2.24, 2.45) is 5.92 Å². The van der Waals surface area contributed by atoms with Crippen molar-refractivity contribution in [1.29, 1.82) is 0 Å². The predicted octanol–water partition coefficient (Wildman–Crippen LogP) is 1.57. The molecule has 3 rings (SSSR count). The molecule has 0 saturated carbocycles. The van der Waals surface area contributed by atoms with E-state index in [2.05, 4.69) is 20.3 Å². The normalized spacial score (nSPS) is 23.3. The van der Waals surface area contributed by atoms with Crippen LogP contribution in [0.25, 0.3) is 0 Å². The second-order valence-corrected chi connectivity index (χ2v) is 6.89. The molecule has 2 fully saturated rings. The van der Waals surface area contributed by atoms with Gasteiger partial charge in [-0.05, 0) is 56.8 Å². The number of carbonyl (C=O) groups excluding carboxylic acids is 2. The minimum atomic E-state index is -0.453. The van der Waals surface area contributed by atoms with E-state index < -0.39 is 5.97 Å². The summed E-state index contributed by atoms with van der Waals surface area (Å²) in [6.07, 6.45) is 4.24. The third-order valence-corrected chi connectivity index (χ3v) is 4.97. The molecule has 7 nitrogen and oxygen atoms in total. The molecule has 3 heterocycles. The zero-order valence-corrected chi connectivity index (χ0v) is 16.0. The van der Waals surface area contributed by atoms with Gasteiger partial charge in [-0.1, -0.05) is 0 Å². The highest BCUT2D eigenvalue weighted by atomic mass is 35.5. The summed E-state index contributed by atoms with van der Waals surface area (Å²) in [5, 5.41) is 6.32. The predicted molar refractivity (Wildman–Crippen MR) is 99.3 cm³/mol. The van der Waals surface area contributed by atoms with Crippen LogP contribution in [-0.2, 0) is 16.1 Å². The van der Waals surface area contributed by atoms with Gasteiger partial charge in [-0.2, -0.15) is 0 Å². The molecule has 0 radical (unpaired) electrons. The average molecular weight is 386 g/mol. The molecule has 2 atom stereocenters. The first kappa shape index (κ1) is 20.7. The molecule has 2 N–H and O–H groups in total. The first-order valence-electron chi connectivity index (χ1n) is 9.06. The van der Waals surface area contributed by atoms with Crippen LogP contribution in [0, 0.1) is 5.92 Å². The number of furan rings is 1. The minimum Gasteiger partial charge on any atom is -0.463 e. The van der Waals surface area contributed by atoms with Crippen LogP contribution < -0.4 is 10.6 Å². The summed E-state index contributed by atoms with van der Waals surface area (Å²) in [7, 11) is 1.34. The fourth-order valence-corrected chi connectivity index (χ4v) is 3.63. The number of hydrogen-bond acceptors (Lipinski definition) is 6. The summed E-state index contributed by atoms with van der Waals surface area (Å²) >= 11 is 0. The van der Waals surface area contributed by atoms with Crippen LogP contribution in [0.1, 0.15) is 42.0 Å². The molecule has 2 aliphatic rings. The Kier molecular flexibility index (Phi) is 7.93. The largest absolute Gasteiger partial charge is 0.463 e. The van der Waals surface area contributed by atoms with Crippen molar-refractivity contribution in [2.75, 3.05) is 33.3 Å². The average Bonchev–Trinajstić information content (AvgIpc) is 3.31. The van der Waals surface area contributed by atoms with Gasteiger partial charge in [0.15, 0.2) is 0 Å².